The summed E-state index contributed by atoms with van der Waals surface area (Å²) in [5, 5.41) is 9.66. The molecule has 0 aliphatic rings. The molecule has 1 amide bonds. The molecule has 1 heterocycles. The van der Waals surface area contributed by atoms with Gasteiger partial charge in [0.2, 0.25) is 5.91 Å². The van der Waals surface area contributed by atoms with Crippen molar-refractivity contribution in [3.05, 3.63) is 21.0 Å². The van der Waals surface area contributed by atoms with Crippen LogP contribution in [-0.2, 0) is 11.3 Å². The van der Waals surface area contributed by atoms with E-state index in [0.717, 1.165) is 0 Å². The van der Waals surface area contributed by atoms with Crippen LogP contribution in [0.25, 0.3) is 0 Å². The molecule has 0 aliphatic heterocycles. The Hall–Kier alpha value is -1.37. The van der Waals surface area contributed by atoms with Gasteiger partial charge in [-0.25, -0.2) is 4.68 Å². The van der Waals surface area contributed by atoms with Gasteiger partial charge in [-0.05, 0) is 21.8 Å². The summed E-state index contributed by atoms with van der Waals surface area (Å²) in [5.41, 5.74) is 0.438. The van der Waals surface area contributed by atoms with Crippen LogP contribution in [0.4, 0.5) is 5.69 Å². The van der Waals surface area contributed by atoms with Crippen LogP contribution in [-0.4, -0.2) is 29.3 Å². The molecule has 6 nitrogen and oxygen atoms in total. The first-order chi connectivity index (χ1) is 8.95. The van der Waals surface area contributed by atoms with Crippen LogP contribution in [0.15, 0.2) is 15.5 Å². The SMILES string of the molecule is CNC(=O)CCNc1cnn(CC(C)C)c(=O)c1Br. The molecular formula is C12H19BrN4O2. The number of rotatable bonds is 6. The van der Waals surface area contributed by atoms with E-state index in [0.29, 0.717) is 35.6 Å². The lowest BCUT2D eigenvalue weighted by molar-refractivity contribution is -0.120. The van der Waals surface area contributed by atoms with E-state index in [1.807, 2.05) is 13.8 Å². The lowest BCUT2D eigenvalue weighted by atomic mass is 10.2. The zero-order chi connectivity index (χ0) is 14.4. The van der Waals surface area contributed by atoms with E-state index in [9.17, 15) is 9.59 Å². The van der Waals surface area contributed by atoms with E-state index in [-0.39, 0.29) is 11.5 Å². The van der Waals surface area contributed by atoms with E-state index in [4.69, 9.17) is 0 Å². The Morgan fingerprint density at radius 1 is 1.53 bits per heavy atom. The molecule has 0 radical (unpaired) electrons. The number of aromatic nitrogens is 2. The number of amides is 1. The lowest BCUT2D eigenvalue weighted by Crippen LogP contribution is -2.27. The van der Waals surface area contributed by atoms with Crippen molar-refractivity contribution in [3.63, 3.8) is 0 Å². The topological polar surface area (TPSA) is 76.0 Å². The fourth-order valence-electron chi connectivity index (χ4n) is 1.50. The van der Waals surface area contributed by atoms with Crippen molar-refractivity contribution in [2.24, 2.45) is 5.92 Å². The quantitative estimate of drug-likeness (QED) is 0.822. The van der Waals surface area contributed by atoms with Gasteiger partial charge in [0.15, 0.2) is 0 Å². The molecule has 0 saturated carbocycles. The number of carbonyl (C=O) groups excluding carboxylic acids is 1. The molecule has 0 aromatic carbocycles. The molecule has 0 unspecified atom stereocenters. The average molecular weight is 331 g/mol. The Kier molecular flexibility index (Phi) is 6.01. The third-order valence-corrected chi connectivity index (χ3v) is 3.24. The summed E-state index contributed by atoms with van der Waals surface area (Å²) >= 11 is 3.27. The minimum Gasteiger partial charge on any atom is -0.382 e. The maximum absolute atomic E-state index is 12.0. The normalized spacial score (nSPS) is 10.6. The molecule has 0 bridgehead atoms. The number of nitrogens with one attached hydrogen (secondary N) is 2. The molecule has 106 valence electrons. The van der Waals surface area contributed by atoms with Crippen LogP contribution < -0.4 is 16.2 Å². The Balaban J connectivity index is 2.74. The number of carbonyl (C=O) groups is 1. The van der Waals surface area contributed by atoms with Gasteiger partial charge in [-0.15, -0.1) is 0 Å². The highest BCUT2D eigenvalue weighted by Gasteiger charge is 2.09. The predicted octanol–water partition coefficient (Wildman–Crippen LogP) is 1.21. The second-order valence-electron chi connectivity index (χ2n) is 4.60. The lowest BCUT2D eigenvalue weighted by Gasteiger charge is -2.11. The second-order valence-corrected chi connectivity index (χ2v) is 5.40. The highest BCUT2D eigenvalue weighted by molar-refractivity contribution is 9.10. The molecule has 1 aromatic rings. The maximum atomic E-state index is 12.0. The van der Waals surface area contributed by atoms with Gasteiger partial charge in [0.05, 0.1) is 11.9 Å². The van der Waals surface area contributed by atoms with Crippen molar-refractivity contribution < 1.29 is 4.79 Å². The molecular weight excluding hydrogens is 312 g/mol. The van der Waals surface area contributed by atoms with Gasteiger partial charge in [-0.3, -0.25) is 9.59 Å². The molecule has 1 aromatic heterocycles. The van der Waals surface area contributed by atoms with Crippen molar-refractivity contribution in [1.29, 1.82) is 0 Å². The van der Waals surface area contributed by atoms with Crippen LogP contribution >= 0.6 is 15.9 Å². The highest BCUT2D eigenvalue weighted by Crippen LogP contribution is 2.16. The van der Waals surface area contributed by atoms with E-state index < -0.39 is 0 Å². The Labute approximate surface area is 120 Å². The molecule has 0 saturated heterocycles. The van der Waals surface area contributed by atoms with Gasteiger partial charge in [0, 0.05) is 26.6 Å². The summed E-state index contributed by atoms with van der Waals surface area (Å²) < 4.78 is 1.87. The molecule has 1 rings (SSSR count). The Morgan fingerprint density at radius 3 is 2.79 bits per heavy atom. The zero-order valence-corrected chi connectivity index (χ0v) is 13.0. The van der Waals surface area contributed by atoms with E-state index in [1.165, 1.54) is 4.68 Å². The summed E-state index contributed by atoms with van der Waals surface area (Å²) in [4.78, 5) is 23.1. The summed E-state index contributed by atoms with van der Waals surface area (Å²) in [7, 11) is 1.59. The van der Waals surface area contributed by atoms with E-state index in [1.54, 1.807) is 13.2 Å². The van der Waals surface area contributed by atoms with E-state index >= 15 is 0 Å². The minimum atomic E-state index is -0.168. The number of anilines is 1. The molecule has 2 N–H and O–H groups in total. The van der Waals surface area contributed by atoms with Crippen molar-refractivity contribution in [2.75, 3.05) is 18.9 Å². The number of hydrogen-bond acceptors (Lipinski definition) is 4. The Bertz CT molecular complexity index is 499. The first-order valence-corrected chi connectivity index (χ1v) is 6.95. The van der Waals surface area contributed by atoms with Gasteiger partial charge in [-0.2, -0.15) is 5.10 Å². The second kappa shape index (κ2) is 7.28. The molecule has 0 aliphatic carbocycles. The minimum absolute atomic E-state index is 0.0512. The third-order valence-electron chi connectivity index (χ3n) is 2.47. The van der Waals surface area contributed by atoms with Crippen LogP contribution in [0.2, 0.25) is 0 Å². The average Bonchev–Trinajstić information content (AvgIpc) is 2.37. The van der Waals surface area contributed by atoms with Gasteiger partial charge in [-0.1, -0.05) is 13.8 Å². The first kappa shape index (κ1) is 15.7. The zero-order valence-electron chi connectivity index (χ0n) is 11.4. The molecule has 0 atom stereocenters. The van der Waals surface area contributed by atoms with E-state index in [2.05, 4.69) is 31.7 Å². The van der Waals surface area contributed by atoms with Crippen LogP contribution in [0.3, 0.4) is 0 Å². The monoisotopic (exact) mass is 330 g/mol. The smallest absolute Gasteiger partial charge is 0.283 e. The molecule has 0 spiro atoms. The summed E-state index contributed by atoms with van der Waals surface area (Å²) in [6.07, 6.45) is 1.94. The first-order valence-electron chi connectivity index (χ1n) is 6.15. The van der Waals surface area contributed by atoms with Crippen molar-refractivity contribution in [1.82, 2.24) is 15.1 Å². The Morgan fingerprint density at radius 2 is 2.21 bits per heavy atom. The fraction of sp³-hybridized carbons (Fsp3) is 0.583. The molecule has 7 heteroatoms. The van der Waals surface area contributed by atoms with Gasteiger partial charge in [0.25, 0.3) is 5.56 Å². The fourth-order valence-corrected chi connectivity index (χ4v) is 1.95. The summed E-state index contributed by atoms with van der Waals surface area (Å²) in [6, 6.07) is 0. The van der Waals surface area contributed by atoms with Crippen LogP contribution in [0.1, 0.15) is 20.3 Å². The molecule has 0 fully saturated rings. The van der Waals surface area contributed by atoms with Crippen LogP contribution in [0.5, 0.6) is 0 Å². The van der Waals surface area contributed by atoms with Crippen molar-refractivity contribution in [3.8, 4) is 0 Å². The van der Waals surface area contributed by atoms with Gasteiger partial charge < -0.3 is 10.6 Å². The maximum Gasteiger partial charge on any atom is 0.283 e. The molecule has 19 heavy (non-hydrogen) atoms. The van der Waals surface area contributed by atoms with Gasteiger partial charge >= 0.3 is 0 Å². The summed E-state index contributed by atoms with van der Waals surface area (Å²) in [5.74, 6) is 0.300. The number of nitrogens with zero attached hydrogens (tertiary/aromatic N) is 2. The van der Waals surface area contributed by atoms with Crippen molar-refractivity contribution >= 4 is 27.5 Å². The highest BCUT2D eigenvalue weighted by atomic mass is 79.9. The summed E-state index contributed by atoms with van der Waals surface area (Å²) in [6.45, 7) is 5.08. The standard InChI is InChI=1S/C12H19BrN4O2/c1-8(2)7-17-12(19)11(13)9(6-16-17)15-5-4-10(18)14-3/h6,8,15H,4-5,7H2,1-3H3,(H,14,18). The number of hydrogen-bond donors (Lipinski definition) is 2. The predicted molar refractivity (Wildman–Crippen MR) is 78.2 cm³/mol. The third kappa shape index (κ3) is 4.66. The van der Waals surface area contributed by atoms with Crippen molar-refractivity contribution in [2.45, 2.75) is 26.8 Å². The van der Waals surface area contributed by atoms with Crippen LogP contribution in [0, 0.1) is 5.92 Å². The van der Waals surface area contributed by atoms with Gasteiger partial charge in [0.1, 0.15) is 4.47 Å². The number of halogens is 1. The largest absolute Gasteiger partial charge is 0.382 e.